The third kappa shape index (κ3) is 3.39. The minimum Gasteiger partial charge on any atom is -0.454 e. The maximum absolute atomic E-state index is 12.9. The van der Waals surface area contributed by atoms with E-state index >= 15 is 0 Å². The van der Waals surface area contributed by atoms with Crippen LogP contribution in [0.4, 0.5) is 0 Å². The number of hydrogen-bond acceptors (Lipinski definition) is 7. The van der Waals surface area contributed by atoms with Gasteiger partial charge in [0, 0.05) is 24.1 Å². The molecule has 1 fully saturated rings. The number of fused-ring (bicyclic) bond motifs is 2. The first kappa shape index (κ1) is 19.5. The maximum atomic E-state index is 12.9. The topological polar surface area (TPSA) is 116 Å². The summed E-state index contributed by atoms with van der Waals surface area (Å²) in [5.41, 5.74) is 3.92. The highest BCUT2D eigenvalue weighted by atomic mass is 16.7. The summed E-state index contributed by atoms with van der Waals surface area (Å²) in [5.74, 6) is 0.539. The maximum Gasteiger partial charge on any atom is 0.255 e. The van der Waals surface area contributed by atoms with Crippen molar-refractivity contribution < 1.29 is 23.9 Å². The van der Waals surface area contributed by atoms with Crippen LogP contribution < -0.4 is 14.8 Å². The quantitative estimate of drug-likeness (QED) is 0.605. The molecule has 33 heavy (non-hydrogen) atoms. The second-order valence-corrected chi connectivity index (χ2v) is 8.26. The number of piperidine rings is 1. The summed E-state index contributed by atoms with van der Waals surface area (Å²) >= 11 is 0. The van der Waals surface area contributed by atoms with E-state index in [0.29, 0.717) is 30.8 Å². The van der Waals surface area contributed by atoms with Crippen molar-refractivity contribution in [1.29, 1.82) is 0 Å². The Morgan fingerprint density at radius 1 is 1.06 bits per heavy atom. The molecule has 3 amide bonds. The summed E-state index contributed by atoms with van der Waals surface area (Å²) in [6.07, 6.45) is 2.42. The van der Waals surface area contributed by atoms with Crippen LogP contribution in [0, 0.1) is 0 Å². The number of amides is 3. The number of rotatable bonds is 4. The minimum absolute atomic E-state index is 0.197. The van der Waals surface area contributed by atoms with Gasteiger partial charge in [-0.3, -0.25) is 19.7 Å². The van der Waals surface area contributed by atoms with Crippen LogP contribution in [0.25, 0.3) is 11.3 Å². The molecule has 10 nitrogen and oxygen atoms in total. The van der Waals surface area contributed by atoms with Crippen LogP contribution in [0.5, 0.6) is 11.5 Å². The minimum atomic E-state index is -0.631. The smallest absolute Gasteiger partial charge is 0.255 e. The van der Waals surface area contributed by atoms with Gasteiger partial charge < -0.3 is 14.4 Å². The molecule has 3 aromatic rings. The summed E-state index contributed by atoms with van der Waals surface area (Å²) in [6.45, 7) is 1.07. The average Bonchev–Trinajstić information content (AvgIpc) is 3.53. The van der Waals surface area contributed by atoms with Crippen LogP contribution in [-0.4, -0.2) is 50.5 Å². The lowest BCUT2D eigenvalue weighted by atomic mass is 10.0. The van der Waals surface area contributed by atoms with Gasteiger partial charge in [-0.25, -0.2) is 4.68 Å². The van der Waals surface area contributed by atoms with Crippen molar-refractivity contribution in [2.45, 2.75) is 32.0 Å². The molecule has 1 saturated heterocycles. The zero-order chi connectivity index (χ0) is 22.5. The highest BCUT2D eigenvalue weighted by Crippen LogP contribution is 2.33. The molecule has 0 spiro atoms. The van der Waals surface area contributed by atoms with Crippen molar-refractivity contribution in [1.82, 2.24) is 25.2 Å². The van der Waals surface area contributed by atoms with E-state index in [1.165, 1.54) is 4.90 Å². The number of aromatic nitrogens is 3. The standard InChI is InChI=1S/C23H19N5O5/c29-21-6-4-18(22(30)24-21)28-10-15-8-14(2-3-16(15)23(28)31)17-11-27(26-25-17)9-13-1-5-19-20(7-13)33-12-32-19/h1-3,5,7-8,11,18H,4,6,9-10,12H2,(H,24,29,30). The number of nitrogens with one attached hydrogen (secondary N) is 1. The van der Waals surface area contributed by atoms with Crippen molar-refractivity contribution >= 4 is 17.7 Å². The Balaban J connectivity index is 1.20. The molecule has 1 atom stereocenters. The Kier molecular flexibility index (Phi) is 4.39. The lowest BCUT2D eigenvalue weighted by Gasteiger charge is -2.29. The van der Waals surface area contributed by atoms with E-state index in [1.54, 1.807) is 10.7 Å². The summed E-state index contributed by atoms with van der Waals surface area (Å²) in [5, 5.41) is 10.8. The van der Waals surface area contributed by atoms with Crippen molar-refractivity contribution in [3.05, 3.63) is 59.3 Å². The van der Waals surface area contributed by atoms with E-state index in [9.17, 15) is 14.4 Å². The van der Waals surface area contributed by atoms with Gasteiger partial charge >= 0.3 is 0 Å². The Bertz CT molecular complexity index is 1320. The number of ether oxygens (including phenoxy) is 2. The fourth-order valence-corrected chi connectivity index (χ4v) is 4.47. The molecule has 0 aliphatic carbocycles. The van der Waals surface area contributed by atoms with E-state index in [0.717, 1.165) is 28.2 Å². The fourth-order valence-electron chi connectivity index (χ4n) is 4.47. The lowest BCUT2D eigenvalue weighted by molar-refractivity contribution is -0.136. The first-order valence-electron chi connectivity index (χ1n) is 10.6. The van der Waals surface area contributed by atoms with E-state index in [1.807, 2.05) is 36.5 Å². The molecule has 1 unspecified atom stereocenters. The molecule has 3 aliphatic rings. The third-order valence-electron chi connectivity index (χ3n) is 6.14. The molecule has 3 aliphatic heterocycles. The zero-order valence-corrected chi connectivity index (χ0v) is 17.5. The van der Waals surface area contributed by atoms with E-state index in [4.69, 9.17) is 9.47 Å². The number of hydrogen-bond donors (Lipinski definition) is 1. The molecule has 1 aromatic heterocycles. The molecule has 6 rings (SSSR count). The van der Waals surface area contributed by atoms with Crippen LogP contribution in [0.15, 0.2) is 42.6 Å². The van der Waals surface area contributed by atoms with E-state index in [2.05, 4.69) is 15.6 Å². The Hall–Kier alpha value is -4.21. The summed E-state index contributed by atoms with van der Waals surface area (Å²) in [6, 6.07) is 10.6. The van der Waals surface area contributed by atoms with Crippen molar-refractivity contribution in [2.75, 3.05) is 6.79 Å². The molecule has 166 valence electrons. The second kappa shape index (κ2) is 7.44. The van der Waals surface area contributed by atoms with Crippen molar-refractivity contribution in [3.63, 3.8) is 0 Å². The van der Waals surface area contributed by atoms with Gasteiger partial charge in [0.2, 0.25) is 18.6 Å². The van der Waals surface area contributed by atoms with Crippen LogP contribution in [0.3, 0.4) is 0 Å². The Morgan fingerprint density at radius 2 is 1.94 bits per heavy atom. The molecule has 0 saturated carbocycles. The van der Waals surface area contributed by atoms with Gasteiger partial charge in [-0.1, -0.05) is 17.3 Å². The second-order valence-electron chi connectivity index (χ2n) is 8.26. The average molecular weight is 445 g/mol. The number of carbonyl (C=O) groups excluding carboxylic acids is 3. The first-order chi connectivity index (χ1) is 16.0. The van der Waals surface area contributed by atoms with Gasteiger partial charge in [0.1, 0.15) is 11.7 Å². The SMILES string of the molecule is O=C1CCC(N2Cc3cc(-c4cn(Cc5ccc6c(c5)OCO6)nn4)ccc3C2=O)C(=O)N1. The molecular formula is C23H19N5O5. The lowest BCUT2D eigenvalue weighted by Crippen LogP contribution is -2.52. The van der Waals surface area contributed by atoms with E-state index in [-0.39, 0.29) is 25.0 Å². The van der Waals surface area contributed by atoms with Crippen LogP contribution in [0.2, 0.25) is 0 Å². The van der Waals surface area contributed by atoms with Gasteiger partial charge in [0.25, 0.3) is 5.91 Å². The van der Waals surface area contributed by atoms with Crippen molar-refractivity contribution in [2.24, 2.45) is 0 Å². The molecule has 0 radical (unpaired) electrons. The number of benzene rings is 2. The first-order valence-corrected chi connectivity index (χ1v) is 10.6. The molecule has 10 heteroatoms. The van der Waals surface area contributed by atoms with E-state index < -0.39 is 11.9 Å². The third-order valence-corrected chi connectivity index (χ3v) is 6.14. The molecule has 1 N–H and O–H groups in total. The highest BCUT2D eigenvalue weighted by molar-refractivity contribution is 6.05. The zero-order valence-electron chi connectivity index (χ0n) is 17.5. The fraction of sp³-hybridized carbons (Fsp3) is 0.261. The van der Waals surface area contributed by atoms with Gasteiger partial charge in [-0.05, 0) is 41.8 Å². The van der Waals surface area contributed by atoms with Gasteiger partial charge in [-0.2, -0.15) is 0 Å². The normalized spacial score (nSPS) is 19.1. The van der Waals surface area contributed by atoms with Gasteiger partial charge in [0.15, 0.2) is 11.5 Å². The highest BCUT2D eigenvalue weighted by Gasteiger charge is 2.39. The predicted octanol–water partition coefficient (Wildman–Crippen LogP) is 1.48. The largest absolute Gasteiger partial charge is 0.454 e. The summed E-state index contributed by atoms with van der Waals surface area (Å²) in [4.78, 5) is 38.1. The van der Waals surface area contributed by atoms with Crippen LogP contribution in [-0.2, 0) is 22.7 Å². The Labute approximate surface area is 188 Å². The monoisotopic (exact) mass is 445 g/mol. The summed E-state index contributed by atoms with van der Waals surface area (Å²) in [7, 11) is 0. The number of nitrogens with zero attached hydrogens (tertiary/aromatic N) is 4. The van der Waals surface area contributed by atoms with Crippen LogP contribution >= 0.6 is 0 Å². The van der Waals surface area contributed by atoms with Gasteiger partial charge in [-0.15, -0.1) is 5.10 Å². The van der Waals surface area contributed by atoms with Gasteiger partial charge in [0.05, 0.1) is 12.7 Å². The predicted molar refractivity (Wildman–Crippen MR) is 113 cm³/mol. The molecule has 4 heterocycles. The molecule has 0 bridgehead atoms. The Morgan fingerprint density at radius 3 is 2.82 bits per heavy atom. The van der Waals surface area contributed by atoms with Crippen molar-refractivity contribution in [3.8, 4) is 22.8 Å². The number of imide groups is 1. The number of carbonyl (C=O) groups is 3. The molecule has 2 aromatic carbocycles. The summed E-state index contributed by atoms with van der Waals surface area (Å²) < 4.78 is 12.5. The molecular weight excluding hydrogens is 426 g/mol. The van der Waals surface area contributed by atoms with Crippen LogP contribution in [0.1, 0.15) is 34.3 Å².